The first kappa shape index (κ1) is 19.7. The molecule has 0 radical (unpaired) electrons. The van der Waals surface area contributed by atoms with Crippen LogP contribution in [0, 0.1) is 12.7 Å². The number of benzene rings is 3. The van der Waals surface area contributed by atoms with Gasteiger partial charge < -0.3 is 0 Å². The van der Waals surface area contributed by atoms with Crippen LogP contribution in [0.3, 0.4) is 0 Å². The van der Waals surface area contributed by atoms with E-state index in [0.717, 1.165) is 21.9 Å². The summed E-state index contributed by atoms with van der Waals surface area (Å²) in [6.07, 6.45) is 1.89. The van der Waals surface area contributed by atoms with Gasteiger partial charge in [0.15, 0.2) is 0 Å². The molecule has 0 fully saturated rings. The monoisotopic (exact) mass is 415 g/mol. The summed E-state index contributed by atoms with van der Waals surface area (Å²) in [5, 5.41) is 3.01. The molecule has 3 aromatic carbocycles. The van der Waals surface area contributed by atoms with Gasteiger partial charge >= 0.3 is 0 Å². The molecule has 0 aliphatic heterocycles. The number of nitrogens with zero attached hydrogens (tertiary/aromatic N) is 1. The lowest BCUT2D eigenvalue weighted by Crippen LogP contribution is -1.97. The van der Waals surface area contributed by atoms with Gasteiger partial charge in [-0.25, -0.2) is 9.38 Å². The number of aryl methyl sites for hydroxylation is 1. The highest BCUT2D eigenvalue weighted by Crippen LogP contribution is 2.26. The highest BCUT2D eigenvalue weighted by Gasteiger charge is 2.07. The van der Waals surface area contributed by atoms with Crippen molar-refractivity contribution in [3.05, 3.63) is 105 Å². The number of hydrogen-bond acceptors (Lipinski definition) is 2. The van der Waals surface area contributed by atoms with Crippen LogP contribution in [0.2, 0.25) is 10.0 Å². The summed E-state index contributed by atoms with van der Waals surface area (Å²) in [4.78, 5) is 5.67. The Kier molecular flexibility index (Phi) is 6.73. The SMILES string of the molecule is Cc1ccc(N=C(/C=C/Sc2ccc(F)cc2)c2ccc(Cl)cc2Cl)cc1. The third kappa shape index (κ3) is 5.70. The summed E-state index contributed by atoms with van der Waals surface area (Å²) in [5.74, 6) is -0.252. The Morgan fingerprint density at radius 2 is 1.67 bits per heavy atom. The number of aliphatic imine (C=N–C) groups is 1. The molecule has 27 heavy (non-hydrogen) atoms. The van der Waals surface area contributed by atoms with Crippen molar-refractivity contribution in [3.8, 4) is 0 Å². The van der Waals surface area contributed by atoms with Crippen LogP contribution in [-0.4, -0.2) is 5.71 Å². The summed E-state index contributed by atoms with van der Waals surface area (Å²) in [7, 11) is 0. The lowest BCUT2D eigenvalue weighted by atomic mass is 10.1. The molecule has 3 aromatic rings. The van der Waals surface area contributed by atoms with E-state index in [2.05, 4.69) is 0 Å². The van der Waals surface area contributed by atoms with Gasteiger partial charge in [-0.15, -0.1) is 0 Å². The van der Waals surface area contributed by atoms with Gasteiger partial charge in [0.05, 0.1) is 16.4 Å². The fraction of sp³-hybridized carbons (Fsp3) is 0.0455. The third-order valence-corrected chi connectivity index (χ3v) is 5.10. The van der Waals surface area contributed by atoms with E-state index in [9.17, 15) is 4.39 Å². The van der Waals surface area contributed by atoms with E-state index in [1.165, 1.54) is 29.5 Å². The molecule has 0 aliphatic carbocycles. The zero-order valence-corrected chi connectivity index (χ0v) is 16.8. The Hall–Kier alpha value is -2.07. The van der Waals surface area contributed by atoms with Crippen molar-refractivity contribution in [1.29, 1.82) is 0 Å². The molecule has 3 rings (SSSR count). The predicted molar refractivity (Wildman–Crippen MR) is 115 cm³/mol. The summed E-state index contributed by atoms with van der Waals surface area (Å²) < 4.78 is 13.0. The molecule has 136 valence electrons. The van der Waals surface area contributed by atoms with Crippen molar-refractivity contribution in [2.75, 3.05) is 0 Å². The van der Waals surface area contributed by atoms with Gasteiger partial charge in [0, 0.05) is 15.5 Å². The summed E-state index contributed by atoms with van der Waals surface area (Å²) >= 11 is 13.9. The first-order valence-electron chi connectivity index (χ1n) is 8.21. The van der Waals surface area contributed by atoms with E-state index in [-0.39, 0.29) is 5.82 Å². The van der Waals surface area contributed by atoms with E-state index < -0.39 is 0 Å². The van der Waals surface area contributed by atoms with Crippen LogP contribution in [0.5, 0.6) is 0 Å². The van der Waals surface area contributed by atoms with Crippen LogP contribution in [0.25, 0.3) is 0 Å². The Balaban J connectivity index is 1.92. The molecule has 0 amide bonds. The normalized spacial score (nSPS) is 11.9. The summed E-state index contributed by atoms with van der Waals surface area (Å²) in [6.45, 7) is 2.03. The maximum atomic E-state index is 13.0. The minimum Gasteiger partial charge on any atom is -0.248 e. The van der Waals surface area contributed by atoms with Gasteiger partial charge in [0.25, 0.3) is 0 Å². The quantitative estimate of drug-likeness (QED) is 0.305. The largest absolute Gasteiger partial charge is 0.248 e. The molecular formula is C22H16Cl2FNS. The zero-order chi connectivity index (χ0) is 19.2. The second-order valence-electron chi connectivity index (χ2n) is 5.83. The average molecular weight is 416 g/mol. The third-order valence-electron chi connectivity index (χ3n) is 3.73. The maximum Gasteiger partial charge on any atom is 0.123 e. The topological polar surface area (TPSA) is 12.4 Å². The zero-order valence-electron chi connectivity index (χ0n) is 14.5. The first-order chi connectivity index (χ1) is 13.0. The van der Waals surface area contributed by atoms with Crippen molar-refractivity contribution in [2.45, 2.75) is 11.8 Å². The Morgan fingerprint density at radius 3 is 2.33 bits per heavy atom. The molecule has 0 spiro atoms. The molecule has 0 saturated heterocycles. The van der Waals surface area contributed by atoms with Gasteiger partial charge in [0.2, 0.25) is 0 Å². The van der Waals surface area contributed by atoms with Crippen molar-refractivity contribution < 1.29 is 4.39 Å². The molecule has 0 aliphatic rings. The van der Waals surface area contributed by atoms with Crippen molar-refractivity contribution in [3.63, 3.8) is 0 Å². The molecule has 0 N–H and O–H groups in total. The molecule has 0 bridgehead atoms. The van der Waals surface area contributed by atoms with E-state index >= 15 is 0 Å². The Labute approximate surface area is 172 Å². The lowest BCUT2D eigenvalue weighted by molar-refractivity contribution is 0.626. The lowest BCUT2D eigenvalue weighted by Gasteiger charge is -2.06. The van der Waals surface area contributed by atoms with Crippen LogP contribution >= 0.6 is 35.0 Å². The number of hydrogen-bond donors (Lipinski definition) is 0. The van der Waals surface area contributed by atoms with Crippen molar-refractivity contribution in [2.24, 2.45) is 4.99 Å². The van der Waals surface area contributed by atoms with Crippen molar-refractivity contribution >= 4 is 46.4 Å². The number of allylic oxidation sites excluding steroid dienone is 1. The van der Waals surface area contributed by atoms with E-state index in [4.69, 9.17) is 28.2 Å². The van der Waals surface area contributed by atoms with Gasteiger partial charge in [0.1, 0.15) is 5.82 Å². The molecule has 0 saturated carbocycles. The number of rotatable bonds is 5. The average Bonchev–Trinajstić information content (AvgIpc) is 2.64. The highest BCUT2D eigenvalue weighted by molar-refractivity contribution is 8.02. The first-order valence-corrected chi connectivity index (χ1v) is 9.84. The maximum absolute atomic E-state index is 13.0. The fourth-order valence-corrected chi connectivity index (χ4v) is 3.49. The van der Waals surface area contributed by atoms with Gasteiger partial charge in [-0.1, -0.05) is 52.7 Å². The predicted octanol–water partition coefficient (Wildman–Crippen LogP) is 7.87. The Morgan fingerprint density at radius 1 is 0.963 bits per heavy atom. The minimum absolute atomic E-state index is 0.252. The molecule has 0 aromatic heterocycles. The minimum atomic E-state index is -0.252. The van der Waals surface area contributed by atoms with Crippen molar-refractivity contribution in [1.82, 2.24) is 0 Å². The summed E-state index contributed by atoms with van der Waals surface area (Å²) in [5.41, 5.74) is 3.51. The smallest absolute Gasteiger partial charge is 0.123 e. The Bertz CT molecular complexity index is 980. The van der Waals surface area contributed by atoms with Gasteiger partial charge in [-0.05, 0) is 73.0 Å². The van der Waals surface area contributed by atoms with Crippen LogP contribution in [-0.2, 0) is 0 Å². The van der Waals surface area contributed by atoms with Crippen LogP contribution in [0.15, 0.2) is 88.1 Å². The molecule has 0 unspecified atom stereocenters. The van der Waals surface area contributed by atoms with Gasteiger partial charge in [-0.3, -0.25) is 0 Å². The highest BCUT2D eigenvalue weighted by atomic mass is 35.5. The van der Waals surface area contributed by atoms with Crippen LogP contribution in [0.1, 0.15) is 11.1 Å². The fourth-order valence-electron chi connectivity index (χ4n) is 2.33. The van der Waals surface area contributed by atoms with Crippen LogP contribution in [0.4, 0.5) is 10.1 Å². The number of halogens is 3. The van der Waals surface area contributed by atoms with E-state index in [1.807, 2.05) is 48.7 Å². The molecule has 5 heteroatoms. The van der Waals surface area contributed by atoms with Crippen LogP contribution < -0.4 is 0 Å². The summed E-state index contributed by atoms with van der Waals surface area (Å²) in [6, 6.07) is 19.6. The molecule has 1 nitrogen and oxygen atoms in total. The van der Waals surface area contributed by atoms with E-state index in [1.54, 1.807) is 24.3 Å². The second kappa shape index (κ2) is 9.23. The molecule has 0 atom stereocenters. The molecule has 0 heterocycles. The standard InChI is InChI=1S/C22H16Cl2FNS/c1-15-2-7-18(8-3-15)26-22(20-11-4-16(23)14-21(20)24)12-13-27-19-9-5-17(25)6-10-19/h2-14H,1H3/b13-12+,26-22?. The second-order valence-corrected chi connectivity index (χ2v) is 7.65. The van der Waals surface area contributed by atoms with Gasteiger partial charge in [-0.2, -0.15) is 0 Å². The number of thioether (sulfide) groups is 1. The molecular weight excluding hydrogens is 400 g/mol. The van der Waals surface area contributed by atoms with E-state index in [0.29, 0.717) is 10.0 Å².